The number of urea groups is 1. The van der Waals surface area contributed by atoms with Crippen molar-refractivity contribution in [2.45, 2.75) is 6.54 Å². The van der Waals surface area contributed by atoms with Crippen molar-refractivity contribution in [1.82, 2.24) is 25.5 Å². The topological polar surface area (TPSA) is 90.5 Å². The number of piperazine rings is 1. The van der Waals surface area contributed by atoms with Crippen LogP contribution in [-0.4, -0.2) is 59.5 Å². The lowest BCUT2D eigenvalue weighted by Crippen LogP contribution is -2.53. The zero-order valence-electron chi connectivity index (χ0n) is 14.8. The molecule has 0 atom stereocenters. The summed E-state index contributed by atoms with van der Waals surface area (Å²) in [7, 11) is 0. The molecule has 1 aromatic heterocycles. The molecular formula is C18H21ClN6O2. The smallest absolute Gasteiger partial charge is 0.317 e. The highest BCUT2D eigenvalue weighted by atomic mass is 35.5. The van der Waals surface area contributed by atoms with E-state index in [2.05, 4.69) is 20.6 Å². The van der Waals surface area contributed by atoms with E-state index in [4.69, 9.17) is 11.6 Å². The van der Waals surface area contributed by atoms with Crippen LogP contribution in [0.5, 0.6) is 0 Å². The van der Waals surface area contributed by atoms with Crippen LogP contribution < -0.4 is 15.5 Å². The summed E-state index contributed by atoms with van der Waals surface area (Å²) in [6.45, 7) is 2.64. The van der Waals surface area contributed by atoms with Crippen molar-refractivity contribution in [3.63, 3.8) is 0 Å². The van der Waals surface area contributed by atoms with Gasteiger partial charge in [0, 0.05) is 50.1 Å². The molecule has 1 aromatic carbocycles. The van der Waals surface area contributed by atoms with Gasteiger partial charge in [-0.05, 0) is 17.7 Å². The average Bonchev–Trinajstić information content (AvgIpc) is 2.72. The lowest BCUT2D eigenvalue weighted by atomic mass is 10.2. The van der Waals surface area contributed by atoms with Crippen molar-refractivity contribution < 1.29 is 9.59 Å². The molecule has 2 heterocycles. The minimum atomic E-state index is -0.264. The predicted octanol–water partition coefficient (Wildman–Crippen LogP) is 1.28. The van der Waals surface area contributed by atoms with Gasteiger partial charge in [-0.15, -0.1) is 0 Å². The van der Waals surface area contributed by atoms with E-state index < -0.39 is 0 Å². The molecule has 0 saturated carbocycles. The Morgan fingerprint density at radius 1 is 1.00 bits per heavy atom. The van der Waals surface area contributed by atoms with Crippen molar-refractivity contribution >= 4 is 29.5 Å². The third-order valence-electron chi connectivity index (χ3n) is 4.24. The number of halogens is 1. The Morgan fingerprint density at radius 2 is 1.70 bits per heavy atom. The van der Waals surface area contributed by atoms with Gasteiger partial charge in [0.15, 0.2) is 0 Å². The SMILES string of the molecule is O=C(CNC(=O)N1CCN(c2ncccn2)CC1)NCc1ccccc1Cl. The first-order chi connectivity index (χ1) is 13.1. The van der Waals surface area contributed by atoms with Crippen molar-refractivity contribution in [3.05, 3.63) is 53.3 Å². The zero-order valence-corrected chi connectivity index (χ0v) is 15.5. The first kappa shape index (κ1) is 18.9. The largest absolute Gasteiger partial charge is 0.350 e. The summed E-state index contributed by atoms with van der Waals surface area (Å²) in [4.78, 5) is 36.3. The predicted molar refractivity (Wildman–Crippen MR) is 103 cm³/mol. The Bertz CT molecular complexity index is 780. The first-order valence-corrected chi connectivity index (χ1v) is 9.06. The van der Waals surface area contributed by atoms with Crippen molar-refractivity contribution in [1.29, 1.82) is 0 Å². The fourth-order valence-corrected chi connectivity index (χ4v) is 2.93. The highest BCUT2D eigenvalue weighted by molar-refractivity contribution is 6.31. The molecule has 3 rings (SSSR count). The van der Waals surface area contributed by atoms with Crippen LogP contribution in [0.4, 0.5) is 10.7 Å². The number of hydrogen-bond acceptors (Lipinski definition) is 5. The minimum Gasteiger partial charge on any atom is -0.350 e. The molecule has 8 nitrogen and oxygen atoms in total. The van der Waals surface area contributed by atoms with Crippen molar-refractivity contribution in [2.24, 2.45) is 0 Å². The van der Waals surface area contributed by atoms with Crippen LogP contribution in [0, 0.1) is 0 Å². The maximum atomic E-state index is 12.2. The van der Waals surface area contributed by atoms with Gasteiger partial charge in [0.05, 0.1) is 6.54 Å². The summed E-state index contributed by atoms with van der Waals surface area (Å²) >= 11 is 6.05. The van der Waals surface area contributed by atoms with E-state index in [0.717, 1.165) is 5.56 Å². The van der Waals surface area contributed by atoms with Crippen LogP contribution in [0.3, 0.4) is 0 Å². The van der Waals surface area contributed by atoms with Crippen LogP contribution in [-0.2, 0) is 11.3 Å². The van der Waals surface area contributed by atoms with Gasteiger partial charge in [0.2, 0.25) is 11.9 Å². The quantitative estimate of drug-likeness (QED) is 0.805. The maximum Gasteiger partial charge on any atom is 0.317 e. The molecule has 1 aliphatic heterocycles. The van der Waals surface area contributed by atoms with Gasteiger partial charge in [0.1, 0.15) is 0 Å². The van der Waals surface area contributed by atoms with E-state index >= 15 is 0 Å². The molecule has 0 unspecified atom stereocenters. The van der Waals surface area contributed by atoms with E-state index in [0.29, 0.717) is 43.7 Å². The van der Waals surface area contributed by atoms with E-state index in [1.807, 2.05) is 23.1 Å². The molecule has 0 aliphatic carbocycles. The first-order valence-electron chi connectivity index (χ1n) is 8.68. The molecular weight excluding hydrogens is 368 g/mol. The van der Waals surface area contributed by atoms with Crippen LogP contribution in [0.1, 0.15) is 5.56 Å². The molecule has 27 heavy (non-hydrogen) atoms. The number of nitrogens with zero attached hydrogens (tertiary/aromatic N) is 4. The summed E-state index contributed by atoms with van der Waals surface area (Å²) in [5.41, 5.74) is 0.832. The average molecular weight is 389 g/mol. The number of nitrogens with one attached hydrogen (secondary N) is 2. The number of hydrogen-bond donors (Lipinski definition) is 2. The summed E-state index contributed by atoms with van der Waals surface area (Å²) in [6.07, 6.45) is 3.39. The van der Waals surface area contributed by atoms with E-state index in [9.17, 15) is 9.59 Å². The Kier molecular flexibility index (Phi) is 6.43. The second-order valence-electron chi connectivity index (χ2n) is 6.05. The number of rotatable bonds is 5. The molecule has 0 bridgehead atoms. The standard InChI is InChI=1S/C18H21ClN6O2/c19-15-5-2-1-4-14(15)12-22-16(26)13-23-18(27)25-10-8-24(9-11-25)17-20-6-3-7-21-17/h1-7H,8-13H2,(H,22,26)(H,23,27). The molecule has 1 fully saturated rings. The third-order valence-corrected chi connectivity index (χ3v) is 4.60. The van der Waals surface area contributed by atoms with Gasteiger partial charge in [-0.25, -0.2) is 14.8 Å². The molecule has 1 aliphatic rings. The molecule has 142 valence electrons. The van der Waals surface area contributed by atoms with Crippen LogP contribution in [0.2, 0.25) is 5.02 Å². The van der Waals surface area contributed by atoms with Gasteiger partial charge >= 0.3 is 6.03 Å². The van der Waals surface area contributed by atoms with Crippen LogP contribution in [0.25, 0.3) is 0 Å². The highest BCUT2D eigenvalue weighted by Gasteiger charge is 2.22. The fraction of sp³-hybridized carbons (Fsp3) is 0.333. The Morgan fingerprint density at radius 3 is 2.41 bits per heavy atom. The summed E-state index contributed by atoms with van der Waals surface area (Å²) in [5.74, 6) is 0.399. The van der Waals surface area contributed by atoms with Gasteiger partial charge < -0.3 is 20.4 Å². The van der Waals surface area contributed by atoms with Gasteiger partial charge in [-0.1, -0.05) is 29.8 Å². The van der Waals surface area contributed by atoms with Gasteiger partial charge in [-0.3, -0.25) is 4.79 Å². The van der Waals surface area contributed by atoms with Crippen molar-refractivity contribution in [3.8, 4) is 0 Å². The third kappa shape index (κ3) is 5.30. The van der Waals surface area contributed by atoms with E-state index in [1.54, 1.807) is 29.4 Å². The van der Waals surface area contributed by atoms with Crippen molar-refractivity contribution in [2.75, 3.05) is 37.6 Å². The van der Waals surface area contributed by atoms with Gasteiger partial charge in [-0.2, -0.15) is 0 Å². The van der Waals surface area contributed by atoms with E-state index in [-0.39, 0.29) is 18.5 Å². The van der Waals surface area contributed by atoms with Crippen LogP contribution >= 0.6 is 11.6 Å². The number of carbonyl (C=O) groups excluding carboxylic acids is 2. The molecule has 0 spiro atoms. The van der Waals surface area contributed by atoms with E-state index in [1.165, 1.54) is 0 Å². The Balaban J connectivity index is 1.38. The second kappa shape index (κ2) is 9.18. The maximum absolute atomic E-state index is 12.2. The highest BCUT2D eigenvalue weighted by Crippen LogP contribution is 2.14. The second-order valence-corrected chi connectivity index (χ2v) is 6.46. The number of carbonyl (C=O) groups is 2. The Labute approximate surface area is 162 Å². The fourth-order valence-electron chi connectivity index (χ4n) is 2.73. The number of aromatic nitrogens is 2. The molecule has 9 heteroatoms. The number of benzene rings is 1. The normalized spacial score (nSPS) is 14.0. The zero-order chi connectivity index (χ0) is 19.1. The lowest BCUT2D eigenvalue weighted by molar-refractivity contribution is -0.120. The van der Waals surface area contributed by atoms with Gasteiger partial charge in [0.25, 0.3) is 0 Å². The number of amides is 3. The molecule has 0 radical (unpaired) electrons. The Hall–Kier alpha value is -2.87. The molecule has 2 aromatic rings. The summed E-state index contributed by atoms with van der Waals surface area (Å²) in [5, 5.41) is 5.99. The molecule has 2 N–H and O–H groups in total. The monoisotopic (exact) mass is 388 g/mol. The summed E-state index contributed by atoms with van der Waals surface area (Å²) in [6, 6.07) is 8.82. The molecule has 3 amide bonds. The molecule has 1 saturated heterocycles. The lowest BCUT2D eigenvalue weighted by Gasteiger charge is -2.34. The van der Waals surface area contributed by atoms with Crippen LogP contribution in [0.15, 0.2) is 42.7 Å². The minimum absolute atomic E-state index is 0.0781. The summed E-state index contributed by atoms with van der Waals surface area (Å²) < 4.78 is 0. The number of anilines is 1.